The van der Waals surface area contributed by atoms with Crippen molar-refractivity contribution in [1.82, 2.24) is 5.32 Å². The highest BCUT2D eigenvalue weighted by molar-refractivity contribution is 9.10. The number of para-hydroxylation sites is 1. The first kappa shape index (κ1) is 21.6. The van der Waals surface area contributed by atoms with Gasteiger partial charge in [0.1, 0.15) is 17.2 Å². The van der Waals surface area contributed by atoms with E-state index in [2.05, 4.69) is 21.2 Å². The molecule has 3 aromatic rings. The normalized spacial score (nSPS) is 15.3. The number of rotatable bonds is 4. The van der Waals surface area contributed by atoms with Crippen molar-refractivity contribution in [3.63, 3.8) is 0 Å². The highest BCUT2D eigenvalue weighted by Crippen LogP contribution is 2.26. The molecule has 1 heterocycles. The van der Waals surface area contributed by atoms with Crippen molar-refractivity contribution < 1.29 is 23.2 Å². The maximum Gasteiger partial charge on any atom is 0.336 e. The monoisotopic (exact) mass is 496 g/mol. The lowest BCUT2D eigenvalue weighted by atomic mass is 10.0. The fourth-order valence-electron chi connectivity index (χ4n) is 3.34. The molecule has 0 aliphatic carbocycles. The Kier molecular flexibility index (Phi) is 5.96. The Morgan fingerprint density at radius 3 is 2.44 bits per heavy atom. The van der Waals surface area contributed by atoms with Gasteiger partial charge in [0.15, 0.2) is 0 Å². The minimum Gasteiger partial charge on any atom is -0.273 e. The van der Waals surface area contributed by atoms with Gasteiger partial charge in [-0.25, -0.2) is 18.5 Å². The number of barbiturate groups is 1. The molecule has 3 aromatic carbocycles. The van der Waals surface area contributed by atoms with E-state index in [0.29, 0.717) is 21.4 Å². The van der Waals surface area contributed by atoms with E-state index in [9.17, 15) is 23.2 Å². The minimum atomic E-state index is -1.02. The zero-order valence-corrected chi connectivity index (χ0v) is 18.0. The molecule has 8 heteroatoms. The number of halogens is 3. The van der Waals surface area contributed by atoms with Crippen LogP contribution in [0.25, 0.3) is 6.08 Å². The van der Waals surface area contributed by atoms with Crippen LogP contribution in [-0.2, 0) is 16.0 Å². The van der Waals surface area contributed by atoms with Crippen LogP contribution < -0.4 is 10.2 Å². The van der Waals surface area contributed by atoms with Crippen molar-refractivity contribution in [3.05, 3.63) is 105 Å². The van der Waals surface area contributed by atoms with E-state index in [1.54, 1.807) is 24.3 Å². The number of anilines is 1. The fraction of sp³-hybridized carbons (Fsp3) is 0.0417. The number of carbonyl (C=O) groups excluding carboxylic acids is 3. The van der Waals surface area contributed by atoms with Gasteiger partial charge in [-0.2, -0.15) is 0 Å². The second kappa shape index (κ2) is 8.84. The average molecular weight is 497 g/mol. The molecule has 1 aliphatic rings. The van der Waals surface area contributed by atoms with Gasteiger partial charge in [-0.3, -0.25) is 14.9 Å². The van der Waals surface area contributed by atoms with Gasteiger partial charge in [-0.15, -0.1) is 0 Å². The van der Waals surface area contributed by atoms with E-state index in [1.807, 2.05) is 6.07 Å². The molecule has 1 fully saturated rings. The summed E-state index contributed by atoms with van der Waals surface area (Å²) < 4.78 is 28.3. The number of urea groups is 1. The molecule has 0 bridgehead atoms. The van der Waals surface area contributed by atoms with Crippen LogP contribution in [-0.4, -0.2) is 17.8 Å². The molecule has 1 N–H and O–H groups in total. The van der Waals surface area contributed by atoms with Gasteiger partial charge in [0.25, 0.3) is 11.8 Å². The predicted molar refractivity (Wildman–Crippen MR) is 119 cm³/mol. The number of benzene rings is 3. The van der Waals surface area contributed by atoms with Crippen LogP contribution in [0, 0.1) is 11.6 Å². The zero-order valence-electron chi connectivity index (χ0n) is 16.4. The third kappa shape index (κ3) is 4.36. The third-order valence-corrected chi connectivity index (χ3v) is 5.60. The first-order chi connectivity index (χ1) is 15.3. The first-order valence-corrected chi connectivity index (χ1v) is 10.3. The number of nitrogens with one attached hydrogen (secondary N) is 1. The fourth-order valence-corrected chi connectivity index (χ4v) is 3.88. The highest BCUT2D eigenvalue weighted by Gasteiger charge is 2.37. The van der Waals surface area contributed by atoms with Crippen LogP contribution in [0.1, 0.15) is 16.7 Å². The molecule has 4 amide bonds. The molecule has 0 unspecified atom stereocenters. The Balaban J connectivity index is 1.64. The molecule has 0 radical (unpaired) electrons. The number of nitrogens with zero attached hydrogens (tertiary/aromatic N) is 1. The van der Waals surface area contributed by atoms with E-state index >= 15 is 0 Å². The van der Waals surface area contributed by atoms with Crippen molar-refractivity contribution >= 4 is 45.5 Å². The summed E-state index contributed by atoms with van der Waals surface area (Å²) in [5.74, 6) is -2.89. The summed E-state index contributed by atoms with van der Waals surface area (Å²) in [6.07, 6.45) is 1.80. The summed E-state index contributed by atoms with van der Waals surface area (Å²) in [6, 6.07) is 15.7. The summed E-state index contributed by atoms with van der Waals surface area (Å²) in [4.78, 5) is 38.0. The maximum atomic E-state index is 14.2. The van der Waals surface area contributed by atoms with Crippen molar-refractivity contribution in [3.8, 4) is 0 Å². The second-order valence-electron chi connectivity index (χ2n) is 7.07. The molecule has 0 atom stereocenters. The smallest absolute Gasteiger partial charge is 0.273 e. The number of carbonyl (C=O) groups is 3. The van der Waals surface area contributed by atoms with Gasteiger partial charge >= 0.3 is 6.03 Å². The molecule has 1 aliphatic heterocycles. The molecule has 32 heavy (non-hydrogen) atoms. The van der Waals surface area contributed by atoms with Crippen LogP contribution in [0.5, 0.6) is 0 Å². The summed E-state index contributed by atoms with van der Waals surface area (Å²) >= 11 is 3.46. The van der Waals surface area contributed by atoms with Crippen molar-refractivity contribution in [2.75, 3.05) is 4.90 Å². The van der Waals surface area contributed by atoms with E-state index in [0.717, 1.165) is 17.2 Å². The van der Waals surface area contributed by atoms with Crippen LogP contribution in [0.3, 0.4) is 0 Å². The summed E-state index contributed by atoms with van der Waals surface area (Å²) in [6.45, 7) is 0. The quantitative estimate of drug-likeness (QED) is 0.409. The Morgan fingerprint density at radius 1 is 0.938 bits per heavy atom. The second-order valence-corrected chi connectivity index (χ2v) is 7.92. The van der Waals surface area contributed by atoms with Gasteiger partial charge in [-0.05, 0) is 59.5 Å². The summed E-state index contributed by atoms with van der Waals surface area (Å²) in [7, 11) is 0. The topological polar surface area (TPSA) is 66.5 Å². The summed E-state index contributed by atoms with van der Waals surface area (Å²) in [5.41, 5.74) is 1.62. The molecule has 1 saturated heterocycles. The first-order valence-electron chi connectivity index (χ1n) is 9.52. The van der Waals surface area contributed by atoms with Crippen molar-refractivity contribution in [2.45, 2.75) is 6.42 Å². The summed E-state index contributed by atoms with van der Waals surface area (Å²) in [5, 5.41) is 2.06. The van der Waals surface area contributed by atoms with E-state index in [-0.39, 0.29) is 17.1 Å². The van der Waals surface area contributed by atoms with Crippen LogP contribution in [0.2, 0.25) is 0 Å². The van der Waals surface area contributed by atoms with Crippen LogP contribution in [0.4, 0.5) is 19.3 Å². The standard InChI is InChI=1S/C24H15BrF2N2O3/c25-19-13-15(8-9-16(19)10-14-4-3-5-17(26)11-14)12-18-22(30)28-24(32)29(23(18)31)21-7-2-1-6-20(21)27/h1-9,11-13H,10H2,(H,28,30,32)/b18-12-. The number of imide groups is 2. The zero-order chi connectivity index (χ0) is 22.8. The lowest BCUT2D eigenvalue weighted by Gasteiger charge is -2.26. The van der Waals surface area contributed by atoms with E-state index in [4.69, 9.17) is 0 Å². The molecule has 0 saturated carbocycles. The SMILES string of the molecule is O=C1NC(=O)N(c2ccccc2F)C(=O)/C1=C\c1ccc(Cc2cccc(F)c2)c(Br)c1. The van der Waals surface area contributed by atoms with E-state index in [1.165, 1.54) is 36.4 Å². The molecule has 160 valence electrons. The predicted octanol–water partition coefficient (Wildman–Crippen LogP) is 4.98. The van der Waals surface area contributed by atoms with E-state index < -0.39 is 23.7 Å². The van der Waals surface area contributed by atoms with Gasteiger partial charge in [0.2, 0.25) is 0 Å². The highest BCUT2D eigenvalue weighted by atomic mass is 79.9. The Hall–Kier alpha value is -3.65. The average Bonchev–Trinajstić information content (AvgIpc) is 2.74. The lowest BCUT2D eigenvalue weighted by Crippen LogP contribution is -2.54. The lowest BCUT2D eigenvalue weighted by molar-refractivity contribution is -0.122. The molecular weight excluding hydrogens is 482 g/mol. The van der Waals surface area contributed by atoms with Gasteiger partial charge in [0, 0.05) is 4.47 Å². The Labute approximate surface area is 190 Å². The number of amides is 4. The molecule has 0 aromatic heterocycles. The van der Waals surface area contributed by atoms with Crippen molar-refractivity contribution in [1.29, 1.82) is 0 Å². The van der Waals surface area contributed by atoms with Gasteiger partial charge < -0.3 is 0 Å². The largest absolute Gasteiger partial charge is 0.336 e. The van der Waals surface area contributed by atoms with Gasteiger partial charge in [0.05, 0.1) is 5.69 Å². The maximum absolute atomic E-state index is 14.2. The van der Waals surface area contributed by atoms with Crippen LogP contribution >= 0.6 is 15.9 Å². The number of hydrogen-bond acceptors (Lipinski definition) is 3. The minimum absolute atomic E-state index is 0.250. The molecule has 0 spiro atoms. The van der Waals surface area contributed by atoms with Crippen molar-refractivity contribution in [2.24, 2.45) is 0 Å². The molecule has 5 nitrogen and oxygen atoms in total. The molecular formula is C24H15BrF2N2O3. The molecule has 4 rings (SSSR count). The Bertz CT molecular complexity index is 1290. The third-order valence-electron chi connectivity index (χ3n) is 4.87. The van der Waals surface area contributed by atoms with Crippen LogP contribution in [0.15, 0.2) is 76.8 Å². The number of hydrogen-bond donors (Lipinski definition) is 1. The van der Waals surface area contributed by atoms with Gasteiger partial charge in [-0.1, -0.05) is 52.3 Å². The Morgan fingerprint density at radius 2 is 1.72 bits per heavy atom.